The normalized spacial score (nSPS) is 12.0. The van der Waals surface area contributed by atoms with Crippen LogP contribution < -0.4 is 4.74 Å². The van der Waals surface area contributed by atoms with Crippen LogP contribution in [0.2, 0.25) is 0 Å². The van der Waals surface area contributed by atoms with Crippen LogP contribution in [0.25, 0.3) is 0 Å². The summed E-state index contributed by atoms with van der Waals surface area (Å²) in [5.74, 6) is -0.187. The number of hydrogen-bond donors (Lipinski definition) is 0. The number of amidine groups is 1. The van der Waals surface area contributed by atoms with Gasteiger partial charge >= 0.3 is 6.36 Å². The summed E-state index contributed by atoms with van der Waals surface area (Å²) in [6.07, 6.45) is -0.593. The van der Waals surface area contributed by atoms with Crippen LogP contribution in [0, 0.1) is 6.92 Å². The molecule has 0 atom stereocenters. The molecule has 0 aromatic heterocycles. The third-order valence-electron chi connectivity index (χ3n) is 2.05. The molecule has 0 unspecified atom stereocenters. The lowest BCUT2D eigenvalue weighted by atomic mass is 10.2. The van der Waals surface area contributed by atoms with Gasteiger partial charge in [0.15, 0.2) is 4.74 Å². The summed E-state index contributed by atoms with van der Waals surface area (Å²) in [6.45, 7) is 3.90. The summed E-state index contributed by atoms with van der Waals surface area (Å²) < 4.78 is 39.2. The molecule has 3 nitrogen and oxygen atoms in total. The smallest absolute Gasteiger partial charge is 0.406 e. The Morgan fingerprint density at radius 2 is 1.86 bits per heavy atom. The molecule has 7 heteroatoms. The van der Waals surface area contributed by atoms with Crippen LogP contribution in [0.5, 0.6) is 5.75 Å². The van der Waals surface area contributed by atoms with Gasteiger partial charge in [0, 0.05) is 13.3 Å². The van der Waals surface area contributed by atoms with E-state index in [2.05, 4.69) is 37.6 Å². The van der Waals surface area contributed by atoms with Gasteiger partial charge in [-0.1, -0.05) is 31.0 Å². The first-order valence-corrected chi connectivity index (χ1v) is 7.05. The predicted molar refractivity (Wildman–Crippen MR) is 83.5 cm³/mol. The fraction of sp³-hybridized carbons (Fsp3) is 0.429. The second kappa shape index (κ2) is 10.4. The van der Waals surface area contributed by atoms with E-state index >= 15 is 0 Å². The van der Waals surface area contributed by atoms with Crippen molar-refractivity contribution in [1.29, 1.82) is 0 Å². The molecule has 118 valence electrons. The van der Waals surface area contributed by atoms with Crippen molar-refractivity contribution in [1.82, 2.24) is 0 Å². The number of halogens is 4. The monoisotopic (exact) mass is 366 g/mol. The average Bonchev–Trinajstić information content (AvgIpc) is 2.41. The largest absolute Gasteiger partial charge is 0.573 e. The lowest BCUT2D eigenvalue weighted by Crippen LogP contribution is -2.16. The summed E-state index contributed by atoms with van der Waals surface area (Å²) in [5, 5.41) is 0. The molecule has 1 rings (SSSR count). The van der Waals surface area contributed by atoms with Gasteiger partial charge in [-0.15, -0.1) is 13.2 Å². The molecule has 0 aliphatic rings. The van der Waals surface area contributed by atoms with Gasteiger partial charge in [-0.3, -0.25) is 4.99 Å². The van der Waals surface area contributed by atoms with E-state index in [1.165, 1.54) is 12.1 Å². The fourth-order valence-electron chi connectivity index (χ4n) is 1.07. The highest BCUT2D eigenvalue weighted by atomic mass is 79.9. The highest BCUT2D eigenvalue weighted by Gasteiger charge is 2.30. The molecule has 0 bridgehead atoms. The van der Waals surface area contributed by atoms with Crippen molar-refractivity contribution < 1.29 is 17.9 Å². The molecule has 0 radical (unpaired) electrons. The van der Waals surface area contributed by atoms with Crippen LogP contribution in [0.1, 0.15) is 25.3 Å². The van der Waals surface area contributed by atoms with Gasteiger partial charge < -0.3 is 4.74 Å². The Kier molecular flexibility index (Phi) is 9.69. The molecule has 0 amide bonds. The fourth-order valence-corrected chi connectivity index (χ4v) is 1.21. The maximum atomic E-state index is 11.6. The first kappa shape index (κ1) is 19.6. The van der Waals surface area contributed by atoms with Crippen molar-refractivity contribution in [2.24, 2.45) is 9.98 Å². The van der Waals surface area contributed by atoms with Crippen molar-refractivity contribution >= 4 is 26.9 Å². The predicted octanol–water partition coefficient (Wildman–Crippen LogP) is 5.13. The van der Waals surface area contributed by atoms with Crippen molar-refractivity contribution in [3.63, 3.8) is 0 Å². The minimum atomic E-state index is -4.60. The lowest BCUT2D eigenvalue weighted by molar-refractivity contribution is -0.274. The average molecular weight is 367 g/mol. The second-order valence-corrected chi connectivity index (χ2v) is 4.66. The van der Waals surface area contributed by atoms with Gasteiger partial charge in [0.2, 0.25) is 0 Å². The Bertz CT molecular complexity index is 456. The van der Waals surface area contributed by atoms with Crippen LogP contribution in [-0.4, -0.2) is 24.4 Å². The van der Waals surface area contributed by atoms with E-state index in [1.54, 1.807) is 26.1 Å². The number of hydrogen-bond acceptors (Lipinski definition) is 2. The molecule has 0 heterocycles. The number of unbranched alkanes of at least 4 members (excludes halogenated alkanes) is 1. The molecule has 0 aliphatic heterocycles. The Morgan fingerprint density at radius 1 is 1.29 bits per heavy atom. The van der Waals surface area contributed by atoms with Crippen molar-refractivity contribution in [3.05, 3.63) is 29.8 Å². The van der Waals surface area contributed by atoms with Gasteiger partial charge in [-0.05, 0) is 41.4 Å². The first-order chi connectivity index (χ1) is 9.78. The quantitative estimate of drug-likeness (QED) is 0.414. The van der Waals surface area contributed by atoms with E-state index < -0.39 is 6.36 Å². The number of benzene rings is 1. The highest BCUT2D eigenvalue weighted by molar-refractivity contribution is 9.18. The molecular weight excluding hydrogens is 349 g/mol. The van der Waals surface area contributed by atoms with Crippen molar-refractivity contribution in [2.45, 2.75) is 33.1 Å². The Labute approximate surface area is 131 Å². The van der Waals surface area contributed by atoms with Gasteiger partial charge in [0.05, 0.1) is 0 Å². The van der Waals surface area contributed by atoms with Crippen LogP contribution >= 0.6 is 15.9 Å². The SMILES string of the molecule is CCC/C=N\C(Br)=NC.Cc1ccc(OC(F)(F)F)cc1. The number of ether oxygens (including phenoxy) is 1. The topological polar surface area (TPSA) is 34.0 Å². The van der Waals surface area contributed by atoms with Crippen LogP contribution in [0.15, 0.2) is 34.3 Å². The lowest BCUT2D eigenvalue weighted by Gasteiger charge is -2.08. The van der Waals surface area contributed by atoms with Crippen LogP contribution in [-0.2, 0) is 0 Å². The number of rotatable bonds is 3. The van der Waals surface area contributed by atoms with Crippen LogP contribution in [0.4, 0.5) is 13.2 Å². The Morgan fingerprint density at radius 3 is 2.29 bits per heavy atom. The van der Waals surface area contributed by atoms with Gasteiger partial charge in [-0.2, -0.15) is 0 Å². The number of nitrogens with zero attached hydrogens (tertiary/aromatic N) is 2. The van der Waals surface area contributed by atoms with Gasteiger partial charge in [0.1, 0.15) is 5.75 Å². The zero-order valence-corrected chi connectivity index (χ0v) is 13.7. The summed E-state index contributed by atoms with van der Waals surface area (Å²) in [4.78, 5) is 7.77. The molecule has 21 heavy (non-hydrogen) atoms. The van der Waals surface area contributed by atoms with E-state index in [0.717, 1.165) is 18.4 Å². The zero-order valence-electron chi connectivity index (χ0n) is 12.1. The van der Waals surface area contributed by atoms with Crippen LogP contribution in [0.3, 0.4) is 0 Å². The molecule has 0 fully saturated rings. The Balaban J connectivity index is 0.000000400. The minimum absolute atomic E-state index is 0.187. The second-order valence-electron chi connectivity index (χ2n) is 3.95. The molecular formula is C14H18BrF3N2O. The van der Waals surface area contributed by atoms with E-state index in [4.69, 9.17) is 0 Å². The summed E-state index contributed by atoms with van der Waals surface area (Å²) in [6, 6.07) is 5.67. The minimum Gasteiger partial charge on any atom is -0.406 e. The number of aliphatic imine (C=N–C) groups is 2. The van der Waals surface area contributed by atoms with E-state index in [9.17, 15) is 13.2 Å². The molecule has 0 spiro atoms. The molecule has 1 aromatic rings. The van der Waals surface area contributed by atoms with E-state index in [0.29, 0.717) is 4.74 Å². The third kappa shape index (κ3) is 12.1. The number of aryl methyl sites for hydroxylation is 1. The maximum absolute atomic E-state index is 11.6. The molecule has 0 aliphatic carbocycles. The third-order valence-corrected chi connectivity index (χ3v) is 2.61. The first-order valence-electron chi connectivity index (χ1n) is 6.25. The van der Waals surface area contributed by atoms with Crippen molar-refractivity contribution in [3.8, 4) is 5.75 Å². The summed E-state index contributed by atoms with van der Waals surface area (Å²) in [5.41, 5.74) is 0.893. The molecule has 1 aromatic carbocycles. The van der Waals surface area contributed by atoms with Gasteiger partial charge in [-0.25, -0.2) is 4.99 Å². The molecule has 0 saturated carbocycles. The zero-order chi connectivity index (χ0) is 16.3. The van der Waals surface area contributed by atoms with E-state index in [-0.39, 0.29) is 5.75 Å². The highest BCUT2D eigenvalue weighted by Crippen LogP contribution is 2.22. The summed E-state index contributed by atoms with van der Waals surface area (Å²) in [7, 11) is 1.70. The maximum Gasteiger partial charge on any atom is 0.573 e. The Hall–Kier alpha value is -1.37. The molecule has 0 saturated heterocycles. The van der Waals surface area contributed by atoms with E-state index in [1.807, 2.05) is 6.21 Å². The standard InChI is InChI=1S/C8H7F3O.C6H11BrN2/c1-6-2-4-7(5-3-6)12-8(9,10)11;1-3-4-5-9-6(7)8-2/h2-5H,1H3;5H,3-4H2,1-2H3/b;8-6?,9-5-. The summed E-state index contributed by atoms with van der Waals surface area (Å²) >= 11 is 3.16. The van der Waals surface area contributed by atoms with Gasteiger partial charge in [0.25, 0.3) is 0 Å². The van der Waals surface area contributed by atoms with Crippen molar-refractivity contribution in [2.75, 3.05) is 7.05 Å². The molecule has 0 N–H and O–H groups in total. The number of alkyl halides is 3.